The van der Waals surface area contributed by atoms with E-state index in [2.05, 4.69) is 0 Å². The average molecular weight is 290 g/mol. The number of rotatable bonds is 2. The van der Waals surface area contributed by atoms with Crippen LogP contribution in [0.2, 0.25) is 5.02 Å². The van der Waals surface area contributed by atoms with Gasteiger partial charge in [0.1, 0.15) is 5.75 Å². The second-order valence-corrected chi connectivity index (χ2v) is 4.80. The summed E-state index contributed by atoms with van der Waals surface area (Å²) < 4.78 is 5.38. The summed E-state index contributed by atoms with van der Waals surface area (Å²) in [6, 6.07) is 4.45. The Kier molecular flexibility index (Phi) is 4.32. The summed E-state index contributed by atoms with van der Waals surface area (Å²) in [5, 5.41) is 10.1. The minimum atomic E-state index is -0.234. The van der Waals surface area contributed by atoms with Gasteiger partial charge in [-0.25, -0.2) is 0 Å². The van der Waals surface area contributed by atoms with Crippen LogP contribution in [0.15, 0.2) is 18.2 Å². The highest BCUT2D eigenvalue weighted by Gasteiger charge is 2.25. The van der Waals surface area contributed by atoms with Crippen LogP contribution in [0.5, 0.6) is 5.75 Å². The number of carbonyl (C=O) groups is 1. The van der Waals surface area contributed by atoms with Crippen LogP contribution in [-0.2, 0) is 4.74 Å². The van der Waals surface area contributed by atoms with Crippen molar-refractivity contribution in [3.63, 3.8) is 0 Å². The fourth-order valence-electron chi connectivity index (χ4n) is 1.85. The third-order valence-electron chi connectivity index (χ3n) is 2.79. The van der Waals surface area contributed by atoms with Gasteiger partial charge >= 0.3 is 0 Å². The number of hydrogen-bond acceptors (Lipinski definition) is 3. The third-order valence-corrected chi connectivity index (χ3v) is 3.37. The molecule has 0 aliphatic carbocycles. The van der Waals surface area contributed by atoms with E-state index in [1.54, 1.807) is 11.0 Å². The molecule has 1 unspecified atom stereocenters. The van der Waals surface area contributed by atoms with Gasteiger partial charge in [0, 0.05) is 18.1 Å². The van der Waals surface area contributed by atoms with Crippen molar-refractivity contribution in [2.75, 3.05) is 25.6 Å². The number of nitrogens with zero attached hydrogens (tertiary/aromatic N) is 1. The first kappa shape index (κ1) is 13.5. The van der Waals surface area contributed by atoms with Crippen molar-refractivity contribution < 1.29 is 14.6 Å². The molecule has 0 bridgehead atoms. The van der Waals surface area contributed by atoms with Crippen molar-refractivity contribution >= 4 is 29.1 Å². The van der Waals surface area contributed by atoms with Gasteiger partial charge in [0.25, 0.3) is 5.91 Å². The summed E-state index contributed by atoms with van der Waals surface area (Å²) in [7, 11) is 0. The average Bonchev–Trinajstić information content (AvgIpc) is 2.38. The van der Waals surface area contributed by atoms with Gasteiger partial charge in [-0.15, -0.1) is 11.6 Å². The maximum absolute atomic E-state index is 12.2. The van der Waals surface area contributed by atoms with Gasteiger partial charge in [0.2, 0.25) is 0 Å². The molecule has 0 saturated carbocycles. The second-order valence-electron chi connectivity index (χ2n) is 4.06. The summed E-state index contributed by atoms with van der Waals surface area (Å²) in [5.41, 5.74) is 0.245. The van der Waals surface area contributed by atoms with Crippen molar-refractivity contribution in [1.29, 1.82) is 0 Å². The van der Waals surface area contributed by atoms with E-state index in [-0.39, 0.29) is 23.3 Å². The van der Waals surface area contributed by atoms with Crippen LogP contribution >= 0.6 is 23.2 Å². The number of ether oxygens (including phenoxy) is 1. The summed E-state index contributed by atoms with van der Waals surface area (Å²) in [6.07, 6.45) is -0.154. The SMILES string of the molecule is O=C(c1ccc(Cl)cc1O)N1CCOC(CCl)C1. The highest BCUT2D eigenvalue weighted by atomic mass is 35.5. The molecule has 18 heavy (non-hydrogen) atoms. The second kappa shape index (κ2) is 5.78. The number of phenols is 1. The number of hydrogen-bond donors (Lipinski definition) is 1. The fourth-order valence-corrected chi connectivity index (χ4v) is 2.21. The molecular weight excluding hydrogens is 277 g/mol. The van der Waals surface area contributed by atoms with Gasteiger partial charge in [-0.3, -0.25) is 4.79 Å². The van der Waals surface area contributed by atoms with E-state index in [0.29, 0.717) is 30.6 Å². The molecule has 4 nitrogen and oxygen atoms in total. The zero-order valence-corrected chi connectivity index (χ0v) is 11.1. The number of aromatic hydroxyl groups is 1. The molecule has 0 radical (unpaired) electrons. The number of morpholine rings is 1. The monoisotopic (exact) mass is 289 g/mol. The number of carbonyl (C=O) groups excluding carboxylic acids is 1. The lowest BCUT2D eigenvalue weighted by molar-refractivity contribution is -0.0109. The smallest absolute Gasteiger partial charge is 0.257 e. The van der Waals surface area contributed by atoms with Crippen molar-refractivity contribution in [2.45, 2.75) is 6.10 Å². The lowest BCUT2D eigenvalue weighted by atomic mass is 10.1. The zero-order valence-electron chi connectivity index (χ0n) is 9.60. The van der Waals surface area contributed by atoms with E-state index in [1.165, 1.54) is 12.1 Å². The molecule has 1 saturated heterocycles. The summed E-state index contributed by atoms with van der Waals surface area (Å²) in [5.74, 6) is 0.000111. The number of amides is 1. The minimum absolute atomic E-state index is 0.110. The van der Waals surface area contributed by atoms with E-state index in [0.717, 1.165) is 0 Å². The van der Waals surface area contributed by atoms with Crippen LogP contribution < -0.4 is 0 Å². The molecule has 1 atom stereocenters. The fraction of sp³-hybridized carbons (Fsp3) is 0.417. The molecule has 0 spiro atoms. The van der Waals surface area contributed by atoms with Gasteiger partial charge in [-0.2, -0.15) is 0 Å². The predicted molar refractivity (Wildman–Crippen MR) is 69.5 cm³/mol. The Balaban J connectivity index is 2.15. The molecule has 1 aliphatic rings. The van der Waals surface area contributed by atoms with E-state index in [1.807, 2.05) is 0 Å². The van der Waals surface area contributed by atoms with Gasteiger partial charge in [-0.05, 0) is 18.2 Å². The highest BCUT2D eigenvalue weighted by molar-refractivity contribution is 6.30. The van der Waals surface area contributed by atoms with Crippen LogP contribution in [0.3, 0.4) is 0 Å². The Morgan fingerprint density at radius 1 is 1.56 bits per heavy atom. The van der Waals surface area contributed by atoms with Crippen LogP contribution in [0.1, 0.15) is 10.4 Å². The van der Waals surface area contributed by atoms with Crippen LogP contribution in [0, 0.1) is 0 Å². The predicted octanol–water partition coefficient (Wildman–Crippen LogP) is 2.13. The molecule has 6 heteroatoms. The number of halogens is 2. The number of phenolic OH excluding ortho intramolecular Hbond substituents is 1. The number of alkyl halides is 1. The van der Waals surface area contributed by atoms with E-state index < -0.39 is 0 Å². The molecule has 1 aromatic rings. The van der Waals surface area contributed by atoms with Crippen LogP contribution in [0.25, 0.3) is 0 Å². The molecule has 0 aromatic heterocycles. The van der Waals surface area contributed by atoms with E-state index >= 15 is 0 Å². The molecule has 1 fully saturated rings. The van der Waals surface area contributed by atoms with Crippen molar-refractivity contribution in [2.24, 2.45) is 0 Å². The van der Waals surface area contributed by atoms with Crippen molar-refractivity contribution in [1.82, 2.24) is 4.90 Å². The molecule has 1 N–H and O–H groups in total. The van der Waals surface area contributed by atoms with Gasteiger partial charge in [0.15, 0.2) is 0 Å². The molecule has 1 heterocycles. The first-order valence-corrected chi connectivity index (χ1v) is 6.48. The standard InChI is InChI=1S/C12H13Cl2NO3/c13-6-9-7-15(3-4-18-9)12(17)10-2-1-8(14)5-11(10)16/h1-2,5,9,16H,3-4,6-7H2. The maximum atomic E-state index is 12.2. The summed E-state index contributed by atoms with van der Waals surface area (Å²) >= 11 is 11.4. The Labute approximate surface area is 115 Å². The van der Waals surface area contributed by atoms with Gasteiger partial charge in [0.05, 0.1) is 24.2 Å². The third kappa shape index (κ3) is 2.88. The Morgan fingerprint density at radius 2 is 2.33 bits per heavy atom. The Morgan fingerprint density at radius 3 is 3.00 bits per heavy atom. The molecule has 1 amide bonds. The molecule has 2 rings (SSSR count). The van der Waals surface area contributed by atoms with Crippen LogP contribution in [0.4, 0.5) is 0 Å². The van der Waals surface area contributed by atoms with Crippen molar-refractivity contribution in [3.8, 4) is 5.75 Å². The van der Waals surface area contributed by atoms with Crippen LogP contribution in [-0.4, -0.2) is 47.6 Å². The normalized spacial score (nSPS) is 19.9. The molecule has 1 aromatic carbocycles. The molecule has 98 valence electrons. The van der Waals surface area contributed by atoms with Gasteiger partial charge < -0.3 is 14.7 Å². The topological polar surface area (TPSA) is 49.8 Å². The van der Waals surface area contributed by atoms with E-state index in [4.69, 9.17) is 27.9 Å². The largest absolute Gasteiger partial charge is 0.507 e. The van der Waals surface area contributed by atoms with E-state index in [9.17, 15) is 9.90 Å². The van der Waals surface area contributed by atoms with Gasteiger partial charge in [-0.1, -0.05) is 11.6 Å². The lowest BCUT2D eigenvalue weighted by Gasteiger charge is -2.32. The molecular formula is C12H13Cl2NO3. The Bertz CT molecular complexity index is 453. The lowest BCUT2D eigenvalue weighted by Crippen LogP contribution is -2.46. The first-order chi connectivity index (χ1) is 8.61. The highest BCUT2D eigenvalue weighted by Crippen LogP contribution is 2.24. The number of benzene rings is 1. The zero-order chi connectivity index (χ0) is 13.1. The first-order valence-electron chi connectivity index (χ1n) is 5.57. The van der Waals surface area contributed by atoms with Crippen molar-refractivity contribution in [3.05, 3.63) is 28.8 Å². The minimum Gasteiger partial charge on any atom is -0.507 e. The summed E-state index contributed by atoms with van der Waals surface area (Å²) in [4.78, 5) is 13.8. The Hall–Kier alpha value is -0.970. The maximum Gasteiger partial charge on any atom is 0.257 e. The quantitative estimate of drug-likeness (QED) is 0.849. The summed E-state index contributed by atoms with van der Waals surface area (Å²) in [6.45, 7) is 1.39. The molecule has 1 aliphatic heterocycles.